The standard InChI is InChI=1S/C20H20ClN5O4S2/c21-13-1-3-15-12(9-13)10-18(22-15)32(29,30)26-7-5-25(6-8-26)20(27)19-23-16-4-2-14(24-28)11-17(16)31-19/h1,3,9-10,22,28H,2,4-8,11H2/b24-14-. The van der Waals surface area contributed by atoms with E-state index in [-0.39, 0.29) is 37.1 Å². The molecule has 3 aromatic rings. The second-order valence-corrected chi connectivity index (χ2v) is 11.2. The predicted octanol–water partition coefficient (Wildman–Crippen LogP) is 2.74. The van der Waals surface area contributed by atoms with Gasteiger partial charge >= 0.3 is 0 Å². The summed E-state index contributed by atoms with van der Waals surface area (Å²) in [5.41, 5.74) is 2.27. The number of aryl methyl sites for hydroxylation is 1. The van der Waals surface area contributed by atoms with Crippen LogP contribution in [0, 0.1) is 0 Å². The van der Waals surface area contributed by atoms with Crippen LogP contribution in [0.2, 0.25) is 5.02 Å². The maximum Gasteiger partial charge on any atom is 0.282 e. The summed E-state index contributed by atoms with van der Waals surface area (Å²) in [6.07, 6.45) is 1.80. The van der Waals surface area contributed by atoms with E-state index < -0.39 is 10.0 Å². The van der Waals surface area contributed by atoms with Gasteiger partial charge in [0.05, 0.1) is 11.4 Å². The zero-order chi connectivity index (χ0) is 22.5. The highest BCUT2D eigenvalue weighted by Gasteiger charge is 2.33. The molecule has 1 amide bonds. The molecule has 2 aliphatic rings. The number of aromatic amines is 1. The molecule has 1 aliphatic heterocycles. The van der Waals surface area contributed by atoms with Gasteiger partial charge in [0.2, 0.25) is 0 Å². The molecule has 2 N–H and O–H groups in total. The molecular weight excluding hydrogens is 474 g/mol. The van der Waals surface area contributed by atoms with Gasteiger partial charge in [-0.2, -0.15) is 4.31 Å². The number of nitrogens with zero attached hydrogens (tertiary/aromatic N) is 4. The Hall–Kier alpha value is -2.47. The van der Waals surface area contributed by atoms with Crippen LogP contribution in [-0.4, -0.2) is 70.6 Å². The zero-order valence-electron chi connectivity index (χ0n) is 16.9. The van der Waals surface area contributed by atoms with Gasteiger partial charge < -0.3 is 15.1 Å². The number of oxime groups is 1. The fourth-order valence-electron chi connectivity index (χ4n) is 4.05. The van der Waals surface area contributed by atoms with Gasteiger partial charge in [0.1, 0.15) is 5.03 Å². The summed E-state index contributed by atoms with van der Waals surface area (Å²) in [7, 11) is -3.71. The van der Waals surface area contributed by atoms with Crippen molar-refractivity contribution < 1.29 is 18.4 Å². The molecule has 1 aromatic carbocycles. The first-order chi connectivity index (χ1) is 15.3. The van der Waals surface area contributed by atoms with Crippen molar-refractivity contribution >= 4 is 55.5 Å². The number of hydrogen-bond donors (Lipinski definition) is 2. The minimum absolute atomic E-state index is 0.114. The van der Waals surface area contributed by atoms with Crippen LogP contribution >= 0.6 is 22.9 Å². The van der Waals surface area contributed by atoms with E-state index in [2.05, 4.69) is 15.1 Å². The highest BCUT2D eigenvalue weighted by atomic mass is 35.5. The molecule has 0 unspecified atom stereocenters. The Labute approximate surface area is 193 Å². The van der Waals surface area contributed by atoms with Gasteiger partial charge in [-0.15, -0.1) is 11.3 Å². The fourth-order valence-corrected chi connectivity index (χ4v) is 6.78. The maximum absolute atomic E-state index is 13.1. The first-order valence-corrected chi connectivity index (χ1v) is 12.7. The van der Waals surface area contributed by atoms with Crippen molar-refractivity contribution in [2.45, 2.75) is 24.3 Å². The number of H-pyrrole nitrogens is 1. The molecule has 1 aliphatic carbocycles. The van der Waals surface area contributed by atoms with Gasteiger partial charge in [-0.1, -0.05) is 16.8 Å². The van der Waals surface area contributed by atoms with E-state index in [1.54, 1.807) is 29.2 Å². The van der Waals surface area contributed by atoms with Crippen LogP contribution in [0.3, 0.4) is 0 Å². The number of hydrogen-bond acceptors (Lipinski definition) is 7. The number of benzene rings is 1. The number of fused-ring (bicyclic) bond motifs is 2. The molecule has 0 saturated carbocycles. The Kier molecular flexibility index (Phi) is 5.44. The number of carbonyl (C=O) groups is 1. The van der Waals surface area contributed by atoms with Crippen molar-refractivity contribution in [3.8, 4) is 0 Å². The summed E-state index contributed by atoms with van der Waals surface area (Å²) in [5, 5.41) is 14.1. The molecule has 9 nitrogen and oxygen atoms in total. The summed E-state index contributed by atoms with van der Waals surface area (Å²) >= 11 is 7.32. The van der Waals surface area contributed by atoms with E-state index in [4.69, 9.17) is 16.8 Å². The lowest BCUT2D eigenvalue weighted by Gasteiger charge is -2.33. The van der Waals surface area contributed by atoms with Crippen LogP contribution in [-0.2, 0) is 22.9 Å². The van der Waals surface area contributed by atoms with Crippen molar-refractivity contribution in [3.05, 3.63) is 44.9 Å². The topological polar surface area (TPSA) is 119 Å². The first-order valence-electron chi connectivity index (χ1n) is 10.1. The first kappa shape index (κ1) is 21.4. The minimum atomic E-state index is -3.71. The molecule has 5 rings (SSSR count). The summed E-state index contributed by atoms with van der Waals surface area (Å²) in [6.45, 7) is 0.989. The predicted molar refractivity (Wildman–Crippen MR) is 121 cm³/mol. The Morgan fingerprint density at radius 3 is 2.72 bits per heavy atom. The SMILES string of the molecule is O=C(c1nc2c(s1)C/C(=N\O)CC2)N1CCN(S(=O)(=O)c2cc3cc(Cl)ccc3[nH]2)CC1. The molecular formula is C20H20ClN5O4S2. The van der Waals surface area contributed by atoms with E-state index in [0.29, 0.717) is 40.5 Å². The van der Waals surface area contributed by atoms with Crippen molar-refractivity contribution in [2.24, 2.45) is 5.16 Å². The second-order valence-electron chi connectivity index (χ2n) is 7.79. The third-order valence-corrected chi connectivity index (χ3v) is 8.96. The summed E-state index contributed by atoms with van der Waals surface area (Å²) in [4.78, 5) is 23.0. The molecule has 3 heterocycles. The molecule has 1 fully saturated rings. The Balaban J connectivity index is 1.28. The monoisotopic (exact) mass is 493 g/mol. The van der Waals surface area contributed by atoms with Gasteiger partial charge in [-0.05, 0) is 37.1 Å². The van der Waals surface area contributed by atoms with E-state index in [1.807, 2.05) is 0 Å². The minimum Gasteiger partial charge on any atom is -0.411 e. The zero-order valence-corrected chi connectivity index (χ0v) is 19.3. The normalized spacial score (nSPS) is 18.9. The lowest BCUT2D eigenvalue weighted by Crippen LogP contribution is -2.50. The highest BCUT2D eigenvalue weighted by molar-refractivity contribution is 7.89. The van der Waals surface area contributed by atoms with Crippen LogP contribution in [0.25, 0.3) is 10.9 Å². The fraction of sp³-hybridized carbons (Fsp3) is 0.350. The van der Waals surface area contributed by atoms with Crippen molar-refractivity contribution in [2.75, 3.05) is 26.2 Å². The Bertz CT molecular complexity index is 1340. The van der Waals surface area contributed by atoms with Crippen molar-refractivity contribution in [1.82, 2.24) is 19.2 Å². The number of rotatable bonds is 3. The summed E-state index contributed by atoms with van der Waals surface area (Å²) in [6, 6.07) is 6.75. The van der Waals surface area contributed by atoms with Gasteiger partial charge in [0, 0.05) is 53.4 Å². The largest absolute Gasteiger partial charge is 0.411 e. The molecule has 12 heteroatoms. The van der Waals surface area contributed by atoms with Gasteiger partial charge in [0.15, 0.2) is 5.01 Å². The van der Waals surface area contributed by atoms with Crippen LogP contribution < -0.4 is 0 Å². The lowest BCUT2D eigenvalue weighted by molar-refractivity contribution is 0.0697. The third-order valence-electron chi connectivity index (χ3n) is 5.82. The summed E-state index contributed by atoms with van der Waals surface area (Å²) < 4.78 is 27.6. The van der Waals surface area contributed by atoms with Crippen molar-refractivity contribution in [1.29, 1.82) is 0 Å². The van der Waals surface area contributed by atoms with Crippen LogP contribution in [0.4, 0.5) is 0 Å². The van der Waals surface area contributed by atoms with E-state index in [1.165, 1.54) is 15.6 Å². The number of amides is 1. The van der Waals surface area contributed by atoms with Gasteiger partial charge in [-0.3, -0.25) is 4.79 Å². The lowest BCUT2D eigenvalue weighted by atomic mass is 10.0. The number of nitrogens with one attached hydrogen (secondary N) is 1. The highest BCUT2D eigenvalue weighted by Crippen LogP contribution is 2.28. The molecule has 0 spiro atoms. The maximum atomic E-state index is 13.1. The number of sulfonamides is 1. The number of thiazole rings is 1. The number of piperazine rings is 1. The van der Waals surface area contributed by atoms with E-state index >= 15 is 0 Å². The van der Waals surface area contributed by atoms with Crippen LogP contribution in [0.1, 0.15) is 26.8 Å². The van der Waals surface area contributed by atoms with Crippen molar-refractivity contribution in [3.63, 3.8) is 0 Å². The van der Waals surface area contributed by atoms with E-state index in [0.717, 1.165) is 16.0 Å². The molecule has 0 bridgehead atoms. The third kappa shape index (κ3) is 3.79. The number of aromatic nitrogens is 2. The Morgan fingerprint density at radius 2 is 1.97 bits per heavy atom. The average Bonchev–Trinajstić information content (AvgIpc) is 3.42. The number of halogens is 1. The smallest absolute Gasteiger partial charge is 0.282 e. The molecule has 1 saturated heterocycles. The second kappa shape index (κ2) is 8.14. The van der Waals surface area contributed by atoms with Crippen LogP contribution in [0.5, 0.6) is 0 Å². The molecule has 168 valence electrons. The van der Waals surface area contributed by atoms with Crippen LogP contribution in [0.15, 0.2) is 34.4 Å². The number of carbonyl (C=O) groups excluding carboxylic acids is 1. The summed E-state index contributed by atoms with van der Waals surface area (Å²) in [5.74, 6) is -0.191. The average molecular weight is 494 g/mol. The van der Waals surface area contributed by atoms with E-state index in [9.17, 15) is 13.2 Å². The van der Waals surface area contributed by atoms with Gasteiger partial charge in [0.25, 0.3) is 15.9 Å². The Morgan fingerprint density at radius 1 is 1.19 bits per heavy atom. The molecule has 32 heavy (non-hydrogen) atoms. The van der Waals surface area contributed by atoms with Gasteiger partial charge in [-0.25, -0.2) is 13.4 Å². The molecule has 0 radical (unpaired) electrons. The molecule has 0 atom stereocenters. The molecule has 2 aromatic heterocycles. The quantitative estimate of drug-likeness (QED) is 0.429.